The van der Waals surface area contributed by atoms with Gasteiger partial charge in [0.2, 0.25) is 5.91 Å². The number of carbonyl (C=O) groups is 1. The molecular formula is C20H17FN2O2. The highest BCUT2D eigenvalue weighted by atomic mass is 19.1. The molecule has 0 radical (unpaired) electrons. The zero-order chi connectivity index (χ0) is 17.3. The molecule has 4 rings (SSSR count). The van der Waals surface area contributed by atoms with Crippen LogP contribution in [0, 0.1) is 5.82 Å². The van der Waals surface area contributed by atoms with Crippen molar-refractivity contribution in [1.82, 2.24) is 10.5 Å². The number of halogens is 1. The summed E-state index contributed by atoms with van der Waals surface area (Å²) in [7, 11) is 0. The Morgan fingerprint density at radius 3 is 2.56 bits per heavy atom. The minimum Gasteiger partial charge on any atom is -0.356 e. The van der Waals surface area contributed by atoms with Crippen molar-refractivity contribution in [2.75, 3.05) is 0 Å². The molecule has 0 saturated heterocycles. The molecule has 1 saturated carbocycles. The van der Waals surface area contributed by atoms with E-state index < -0.39 is 5.41 Å². The molecule has 1 N–H and O–H groups in total. The lowest BCUT2D eigenvalue weighted by atomic mass is 10.00. The van der Waals surface area contributed by atoms with Gasteiger partial charge in [-0.25, -0.2) is 4.39 Å². The van der Waals surface area contributed by atoms with Crippen LogP contribution in [0.25, 0.3) is 11.3 Å². The lowest BCUT2D eigenvalue weighted by molar-refractivity contribution is -0.123. The molecule has 4 nitrogen and oxygen atoms in total. The van der Waals surface area contributed by atoms with Gasteiger partial charge in [0.05, 0.1) is 11.1 Å². The summed E-state index contributed by atoms with van der Waals surface area (Å²) in [4.78, 5) is 12.6. The summed E-state index contributed by atoms with van der Waals surface area (Å²) in [5.41, 5.74) is 1.37. The first-order valence-electron chi connectivity index (χ1n) is 8.23. The third kappa shape index (κ3) is 2.93. The number of hydrogen-bond acceptors (Lipinski definition) is 3. The van der Waals surface area contributed by atoms with Crippen molar-refractivity contribution < 1.29 is 13.7 Å². The van der Waals surface area contributed by atoms with E-state index in [0.29, 0.717) is 17.0 Å². The van der Waals surface area contributed by atoms with E-state index >= 15 is 0 Å². The molecule has 126 valence electrons. The summed E-state index contributed by atoms with van der Waals surface area (Å²) >= 11 is 0. The number of amides is 1. The molecule has 1 aliphatic carbocycles. The lowest BCUT2D eigenvalue weighted by Crippen LogP contribution is -2.34. The zero-order valence-corrected chi connectivity index (χ0v) is 13.5. The van der Waals surface area contributed by atoms with E-state index in [-0.39, 0.29) is 18.3 Å². The average Bonchev–Trinajstić information content (AvgIpc) is 3.31. The first kappa shape index (κ1) is 15.6. The Hall–Kier alpha value is -2.95. The molecule has 0 bridgehead atoms. The van der Waals surface area contributed by atoms with Gasteiger partial charge in [-0.2, -0.15) is 0 Å². The van der Waals surface area contributed by atoms with Crippen LogP contribution in [0.15, 0.2) is 65.2 Å². The zero-order valence-electron chi connectivity index (χ0n) is 13.5. The van der Waals surface area contributed by atoms with Gasteiger partial charge in [-0.3, -0.25) is 4.79 Å². The Morgan fingerprint density at radius 1 is 1.12 bits per heavy atom. The fourth-order valence-corrected chi connectivity index (χ4v) is 2.95. The van der Waals surface area contributed by atoms with E-state index in [9.17, 15) is 9.18 Å². The average molecular weight is 336 g/mol. The molecule has 3 aromatic rings. The molecule has 0 spiro atoms. The van der Waals surface area contributed by atoms with Gasteiger partial charge in [-0.05, 0) is 18.9 Å². The maximum absolute atomic E-state index is 13.7. The van der Waals surface area contributed by atoms with Crippen molar-refractivity contribution in [3.8, 4) is 11.3 Å². The highest BCUT2D eigenvalue weighted by Gasteiger charge is 2.53. The molecule has 25 heavy (non-hydrogen) atoms. The summed E-state index contributed by atoms with van der Waals surface area (Å²) in [5.74, 6) is 0.188. The van der Waals surface area contributed by atoms with Gasteiger partial charge in [0.15, 0.2) is 5.76 Å². The predicted molar refractivity (Wildman–Crippen MR) is 91.1 cm³/mol. The van der Waals surface area contributed by atoms with E-state index in [4.69, 9.17) is 4.52 Å². The highest BCUT2D eigenvalue weighted by Crippen LogP contribution is 2.48. The second-order valence-electron chi connectivity index (χ2n) is 6.30. The number of carbonyl (C=O) groups excluding carboxylic acids is 1. The Kier molecular flexibility index (Phi) is 3.84. The van der Waals surface area contributed by atoms with Crippen molar-refractivity contribution in [2.24, 2.45) is 0 Å². The lowest BCUT2D eigenvalue weighted by Gasteiger charge is -2.12. The van der Waals surface area contributed by atoms with Crippen molar-refractivity contribution in [1.29, 1.82) is 0 Å². The first-order valence-corrected chi connectivity index (χ1v) is 8.23. The Morgan fingerprint density at radius 2 is 1.84 bits per heavy atom. The van der Waals surface area contributed by atoms with Crippen LogP contribution in [0.3, 0.4) is 0 Å². The summed E-state index contributed by atoms with van der Waals surface area (Å²) in [5, 5.41) is 6.94. The monoisotopic (exact) mass is 336 g/mol. The second kappa shape index (κ2) is 6.16. The standard InChI is InChI=1S/C20H17FN2O2/c21-16-9-5-4-8-15(16)13-22-19(24)20(10-11-20)18-12-17(25-23-18)14-6-2-1-3-7-14/h1-9,12H,10-11,13H2,(H,22,24). The fourth-order valence-electron chi connectivity index (χ4n) is 2.95. The van der Waals surface area contributed by atoms with Gasteiger partial charge < -0.3 is 9.84 Å². The van der Waals surface area contributed by atoms with Crippen molar-refractivity contribution in [3.63, 3.8) is 0 Å². The maximum atomic E-state index is 13.7. The number of hydrogen-bond donors (Lipinski definition) is 1. The van der Waals surface area contributed by atoms with Gasteiger partial charge in [0.1, 0.15) is 5.82 Å². The largest absolute Gasteiger partial charge is 0.356 e. The number of benzene rings is 2. The topological polar surface area (TPSA) is 55.1 Å². The molecule has 1 aliphatic rings. The third-order valence-electron chi connectivity index (χ3n) is 4.64. The van der Waals surface area contributed by atoms with E-state index in [2.05, 4.69) is 10.5 Å². The Bertz CT molecular complexity index is 901. The summed E-state index contributed by atoms with van der Waals surface area (Å²) in [6.45, 7) is 0.163. The van der Waals surface area contributed by atoms with Crippen LogP contribution in [0.1, 0.15) is 24.1 Å². The first-order chi connectivity index (χ1) is 12.2. The Balaban J connectivity index is 1.50. The summed E-state index contributed by atoms with van der Waals surface area (Å²) in [6.07, 6.45) is 1.44. The van der Waals surface area contributed by atoms with E-state index in [1.807, 2.05) is 36.4 Å². The van der Waals surface area contributed by atoms with Gasteiger partial charge in [-0.1, -0.05) is 53.7 Å². The minimum atomic E-state index is -0.651. The molecular weight excluding hydrogens is 319 g/mol. The Labute approximate surface area is 144 Å². The van der Waals surface area contributed by atoms with E-state index in [0.717, 1.165) is 18.4 Å². The van der Waals surface area contributed by atoms with Crippen LogP contribution in [-0.2, 0) is 16.8 Å². The molecule has 1 amide bonds. The van der Waals surface area contributed by atoms with E-state index in [1.54, 1.807) is 18.2 Å². The number of aromatic nitrogens is 1. The maximum Gasteiger partial charge on any atom is 0.232 e. The molecule has 0 unspecified atom stereocenters. The van der Waals surface area contributed by atoms with Gasteiger partial charge in [-0.15, -0.1) is 0 Å². The second-order valence-corrected chi connectivity index (χ2v) is 6.30. The third-order valence-corrected chi connectivity index (χ3v) is 4.64. The molecule has 0 atom stereocenters. The van der Waals surface area contributed by atoms with Gasteiger partial charge >= 0.3 is 0 Å². The number of nitrogens with one attached hydrogen (secondary N) is 1. The smallest absolute Gasteiger partial charge is 0.232 e. The summed E-state index contributed by atoms with van der Waals surface area (Å²) < 4.78 is 19.1. The van der Waals surface area contributed by atoms with Crippen molar-refractivity contribution in [3.05, 3.63) is 77.7 Å². The normalized spacial score (nSPS) is 14.9. The molecule has 5 heteroatoms. The van der Waals surface area contributed by atoms with Crippen LogP contribution >= 0.6 is 0 Å². The molecule has 0 aliphatic heterocycles. The van der Waals surface area contributed by atoms with Crippen LogP contribution < -0.4 is 5.32 Å². The fraction of sp³-hybridized carbons (Fsp3) is 0.200. The SMILES string of the molecule is O=C(NCc1ccccc1F)C1(c2cc(-c3ccccc3)on2)CC1. The quantitative estimate of drug-likeness (QED) is 0.770. The van der Waals surface area contributed by atoms with Gasteiger partial charge in [0.25, 0.3) is 0 Å². The van der Waals surface area contributed by atoms with Crippen LogP contribution in [0.4, 0.5) is 4.39 Å². The van der Waals surface area contributed by atoms with Crippen molar-refractivity contribution >= 4 is 5.91 Å². The van der Waals surface area contributed by atoms with Crippen LogP contribution in [-0.4, -0.2) is 11.1 Å². The highest BCUT2D eigenvalue weighted by molar-refractivity contribution is 5.91. The number of nitrogens with zero attached hydrogens (tertiary/aromatic N) is 1. The van der Waals surface area contributed by atoms with Crippen LogP contribution in [0.2, 0.25) is 0 Å². The minimum absolute atomic E-state index is 0.135. The molecule has 1 heterocycles. The molecule has 2 aromatic carbocycles. The van der Waals surface area contributed by atoms with Crippen LogP contribution in [0.5, 0.6) is 0 Å². The molecule has 1 fully saturated rings. The van der Waals surface area contributed by atoms with E-state index in [1.165, 1.54) is 6.07 Å². The molecule has 1 aromatic heterocycles. The predicted octanol–water partition coefficient (Wildman–Crippen LogP) is 3.83. The van der Waals surface area contributed by atoms with Gasteiger partial charge in [0, 0.05) is 23.7 Å². The number of rotatable bonds is 5. The summed E-state index contributed by atoms with van der Waals surface area (Å²) in [6, 6.07) is 17.9. The van der Waals surface area contributed by atoms with Crippen molar-refractivity contribution in [2.45, 2.75) is 24.8 Å².